The number of nitrogens with one attached hydrogen (secondary N) is 1. The lowest BCUT2D eigenvalue weighted by Crippen LogP contribution is -2.59. The number of aromatic nitrogens is 1. The van der Waals surface area contributed by atoms with Crippen LogP contribution in [0.4, 0.5) is 26.3 Å². The summed E-state index contributed by atoms with van der Waals surface area (Å²) in [6.07, 6.45) is -8.42. The molecule has 0 saturated carbocycles. The van der Waals surface area contributed by atoms with Gasteiger partial charge >= 0.3 is 12.4 Å². The van der Waals surface area contributed by atoms with Gasteiger partial charge in [0.2, 0.25) is 5.91 Å². The molecular weight excluding hydrogens is 574 g/mol. The van der Waals surface area contributed by atoms with Crippen molar-refractivity contribution in [3.8, 4) is 11.1 Å². The second-order valence-electron chi connectivity index (χ2n) is 11.2. The predicted molar refractivity (Wildman–Crippen MR) is 150 cm³/mol. The van der Waals surface area contributed by atoms with Crippen LogP contribution in [-0.4, -0.2) is 69.9 Å². The number of amides is 1. The molecule has 1 saturated heterocycles. The van der Waals surface area contributed by atoms with Gasteiger partial charge in [0.1, 0.15) is 6.04 Å². The summed E-state index contributed by atoms with van der Waals surface area (Å²) in [5.74, 6) is -0.0690. The summed E-state index contributed by atoms with van der Waals surface area (Å²) in [6.45, 7) is 8.70. The summed E-state index contributed by atoms with van der Waals surface area (Å²) in [5.41, 5.74) is -2.49. The first-order valence-electron chi connectivity index (χ1n) is 13.8. The maximum absolute atomic E-state index is 13.3. The minimum absolute atomic E-state index is 0.0268. The number of piperazine rings is 1. The molecular formula is C31H34F6N4O2. The normalized spacial score (nSPS) is 17.3. The molecule has 2 aromatic carbocycles. The zero-order valence-corrected chi connectivity index (χ0v) is 24.0. The van der Waals surface area contributed by atoms with E-state index in [4.69, 9.17) is 0 Å². The number of benzene rings is 2. The lowest BCUT2D eigenvalue weighted by Gasteiger charge is -2.41. The Morgan fingerprint density at radius 2 is 1.56 bits per heavy atom. The van der Waals surface area contributed by atoms with Crippen molar-refractivity contribution < 1.29 is 36.2 Å². The van der Waals surface area contributed by atoms with Crippen molar-refractivity contribution in [2.24, 2.45) is 0 Å². The third kappa shape index (κ3) is 7.19. The molecule has 0 aliphatic carbocycles. The van der Waals surface area contributed by atoms with Crippen molar-refractivity contribution in [3.05, 3.63) is 89.2 Å². The number of hydrogen-bond donors (Lipinski definition) is 2. The number of aliphatic hydroxyl groups is 1. The van der Waals surface area contributed by atoms with Gasteiger partial charge in [0.25, 0.3) is 5.60 Å². The van der Waals surface area contributed by atoms with E-state index in [1.807, 2.05) is 38.1 Å². The van der Waals surface area contributed by atoms with Crippen LogP contribution in [0.1, 0.15) is 36.1 Å². The van der Waals surface area contributed by atoms with E-state index in [1.54, 1.807) is 25.4 Å². The fraction of sp³-hybridized carbons (Fsp3) is 0.419. The smallest absolute Gasteiger partial charge is 0.369 e. The first-order chi connectivity index (χ1) is 20.1. The van der Waals surface area contributed by atoms with Crippen LogP contribution in [0.15, 0.2) is 67.0 Å². The zero-order chi connectivity index (χ0) is 31.6. The molecule has 6 nitrogen and oxygen atoms in total. The van der Waals surface area contributed by atoms with E-state index in [0.717, 1.165) is 35.4 Å². The van der Waals surface area contributed by atoms with Gasteiger partial charge in [-0.3, -0.25) is 19.6 Å². The highest BCUT2D eigenvalue weighted by molar-refractivity contribution is 5.82. The third-order valence-corrected chi connectivity index (χ3v) is 7.58. The van der Waals surface area contributed by atoms with Crippen molar-refractivity contribution in [1.82, 2.24) is 20.1 Å². The molecule has 2 N–H and O–H groups in total. The van der Waals surface area contributed by atoms with E-state index in [1.165, 1.54) is 0 Å². The summed E-state index contributed by atoms with van der Waals surface area (Å²) in [4.78, 5) is 21.6. The Balaban J connectivity index is 1.52. The average Bonchev–Trinajstić information content (AvgIpc) is 2.92. The molecule has 1 aromatic heterocycles. The van der Waals surface area contributed by atoms with Gasteiger partial charge in [-0.2, -0.15) is 26.3 Å². The van der Waals surface area contributed by atoms with E-state index >= 15 is 0 Å². The van der Waals surface area contributed by atoms with Crippen LogP contribution in [0, 0.1) is 6.92 Å². The monoisotopic (exact) mass is 608 g/mol. The highest BCUT2D eigenvalue weighted by Crippen LogP contribution is 2.50. The second-order valence-corrected chi connectivity index (χ2v) is 11.2. The Morgan fingerprint density at radius 3 is 2.12 bits per heavy atom. The first kappa shape index (κ1) is 32.4. The van der Waals surface area contributed by atoms with Crippen molar-refractivity contribution in [2.75, 3.05) is 19.6 Å². The molecule has 43 heavy (non-hydrogen) atoms. The molecule has 1 fully saturated rings. The van der Waals surface area contributed by atoms with Crippen LogP contribution in [0.25, 0.3) is 11.1 Å². The van der Waals surface area contributed by atoms with Gasteiger partial charge in [-0.05, 0) is 60.7 Å². The summed E-state index contributed by atoms with van der Waals surface area (Å²) in [5, 5.41) is 12.7. The fourth-order valence-electron chi connectivity index (χ4n) is 5.35. The van der Waals surface area contributed by atoms with E-state index in [2.05, 4.69) is 20.1 Å². The molecule has 1 aliphatic heterocycles. The maximum atomic E-state index is 13.3. The number of carbonyl (C=O) groups is 1. The van der Waals surface area contributed by atoms with Gasteiger partial charge in [-0.1, -0.05) is 42.5 Å². The number of hydrogen-bond acceptors (Lipinski definition) is 5. The van der Waals surface area contributed by atoms with Crippen molar-refractivity contribution in [3.63, 3.8) is 0 Å². The largest absolute Gasteiger partial charge is 0.430 e. The van der Waals surface area contributed by atoms with Crippen LogP contribution in [-0.2, 0) is 23.5 Å². The molecule has 0 unspecified atom stereocenters. The summed E-state index contributed by atoms with van der Waals surface area (Å²) < 4.78 is 79.6. The molecule has 2 heterocycles. The average molecular weight is 609 g/mol. The van der Waals surface area contributed by atoms with Gasteiger partial charge in [0.15, 0.2) is 0 Å². The lowest BCUT2D eigenvalue weighted by atomic mass is 9.90. The minimum Gasteiger partial charge on any atom is -0.369 e. The lowest BCUT2D eigenvalue weighted by molar-refractivity contribution is -0.376. The Hall–Kier alpha value is -3.48. The fourth-order valence-corrected chi connectivity index (χ4v) is 5.35. The number of carbonyl (C=O) groups excluding carboxylic acids is 1. The van der Waals surface area contributed by atoms with Crippen LogP contribution in [0.5, 0.6) is 0 Å². The van der Waals surface area contributed by atoms with Crippen molar-refractivity contribution in [2.45, 2.75) is 63.9 Å². The van der Waals surface area contributed by atoms with Gasteiger partial charge in [-0.25, -0.2) is 0 Å². The molecule has 12 heteroatoms. The third-order valence-electron chi connectivity index (χ3n) is 7.58. The van der Waals surface area contributed by atoms with Gasteiger partial charge in [-0.15, -0.1) is 0 Å². The second kappa shape index (κ2) is 12.6. The van der Waals surface area contributed by atoms with E-state index in [-0.39, 0.29) is 11.9 Å². The number of pyridine rings is 1. The Labute approximate surface area is 246 Å². The Kier molecular flexibility index (Phi) is 9.53. The number of halogens is 6. The molecule has 0 spiro atoms. The SMILES string of the molecule is Cc1cc(CN2CCN(Cc3ccncc3)C[C@@H]2C(=O)NC(C)C)ccc1-c1ccc(C(O)(C(F)(F)F)C(F)(F)F)cc1. The minimum atomic E-state index is -5.95. The quantitative estimate of drug-likeness (QED) is 0.327. The van der Waals surface area contributed by atoms with Crippen molar-refractivity contribution in [1.29, 1.82) is 0 Å². The van der Waals surface area contributed by atoms with E-state index in [9.17, 15) is 36.2 Å². The molecule has 1 atom stereocenters. The van der Waals surface area contributed by atoms with Gasteiger partial charge in [0, 0.05) is 56.7 Å². The van der Waals surface area contributed by atoms with Crippen LogP contribution >= 0.6 is 0 Å². The van der Waals surface area contributed by atoms with Crippen LogP contribution < -0.4 is 5.32 Å². The summed E-state index contributed by atoms with van der Waals surface area (Å²) >= 11 is 0. The number of nitrogens with zero attached hydrogens (tertiary/aromatic N) is 3. The van der Waals surface area contributed by atoms with Gasteiger partial charge < -0.3 is 10.4 Å². The first-order valence-corrected chi connectivity index (χ1v) is 13.8. The molecule has 3 aromatic rings. The van der Waals surface area contributed by atoms with Gasteiger partial charge in [0.05, 0.1) is 0 Å². The number of alkyl halides is 6. The molecule has 1 aliphatic rings. The van der Waals surface area contributed by atoms with Crippen molar-refractivity contribution >= 4 is 5.91 Å². The van der Waals surface area contributed by atoms with E-state index in [0.29, 0.717) is 49.4 Å². The zero-order valence-electron chi connectivity index (χ0n) is 24.0. The molecule has 0 bridgehead atoms. The summed E-state index contributed by atoms with van der Waals surface area (Å²) in [6, 6.07) is 12.5. The van der Waals surface area contributed by atoms with Crippen LogP contribution in [0.2, 0.25) is 0 Å². The highest BCUT2D eigenvalue weighted by atomic mass is 19.4. The standard InChI is InChI=1S/C31H34F6N4O2/c1-20(2)39-28(42)27-19-40(17-22-10-12-38-13-11-22)14-15-41(27)18-23-4-9-26(21(3)16-23)24-5-7-25(8-6-24)29(43,30(32,33)34)31(35,36)37/h4-13,16,20,27,43H,14-15,17-19H2,1-3H3,(H,39,42)/t27-/m1/s1. The highest BCUT2D eigenvalue weighted by Gasteiger charge is 2.71. The Bertz CT molecular complexity index is 1380. The molecule has 1 amide bonds. The molecule has 4 rings (SSSR count). The molecule has 0 radical (unpaired) electrons. The predicted octanol–water partition coefficient (Wildman–Crippen LogP) is 5.58. The molecule has 232 valence electrons. The summed E-state index contributed by atoms with van der Waals surface area (Å²) in [7, 11) is 0. The topological polar surface area (TPSA) is 68.7 Å². The van der Waals surface area contributed by atoms with Crippen LogP contribution in [0.3, 0.4) is 0 Å². The maximum Gasteiger partial charge on any atom is 0.430 e. The Morgan fingerprint density at radius 1 is 0.930 bits per heavy atom. The number of rotatable bonds is 8. The van der Waals surface area contributed by atoms with E-state index < -0.39 is 29.6 Å². The number of aryl methyl sites for hydroxylation is 1.